The van der Waals surface area contributed by atoms with Crippen molar-refractivity contribution in [3.05, 3.63) is 41.5 Å². The second-order valence-electron chi connectivity index (χ2n) is 2.99. The molecule has 0 saturated heterocycles. The quantitative estimate of drug-likeness (QED) is 0.700. The second-order valence-corrected chi connectivity index (χ2v) is 2.99. The van der Waals surface area contributed by atoms with Crippen molar-refractivity contribution in [2.45, 2.75) is 20.8 Å². The summed E-state index contributed by atoms with van der Waals surface area (Å²) in [5.41, 5.74) is 4.09. The van der Waals surface area contributed by atoms with E-state index in [-0.39, 0.29) is 0 Å². The fraction of sp³-hybridized carbons (Fsp3) is 0.333. The average Bonchev–Trinajstić information content (AvgIpc) is 2.21. The molecule has 0 fully saturated rings. The normalized spacial score (nSPS) is 8.38. The van der Waals surface area contributed by atoms with E-state index < -0.39 is 0 Å². The van der Waals surface area contributed by atoms with Gasteiger partial charge < -0.3 is 5.11 Å². The summed E-state index contributed by atoms with van der Waals surface area (Å²) in [5, 5.41) is 7.00. The molecule has 1 aromatic carbocycles. The van der Waals surface area contributed by atoms with Gasteiger partial charge in [-0.05, 0) is 31.9 Å². The Bertz CT molecular complexity index is 256. The monoisotopic (exact) mass is 178 g/mol. The zero-order valence-electron chi connectivity index (χ0n) is 8.83. The Balaban J connectivity index is 0.000000671. The molecule has 0 atom stereocenters. The third-order valence-electron chi connectivity index (χ3n) is 1.96. The van der Waals surface area contributed by atoms with Gasteiger partial charge in [0.15, 0.2) is 0 Å². The molecule has 0 heterocycles. The van der Waals surface area contributed by atoms with Crippen LogP contribution in [0.1, 0.15) is 26.3 Å². The van der Waals surface area contributed by atoms with Crippen molar-refractivity contribution in [1.82, 2.24) is 0 Å². The van der Waals surface area contributed by atoms with Crippen LogP contribution in [0.5, 0.6) is 0 Å². The van der Waals surface area contributed by atoms with Crippen LogP contribution in [-0.2, 0) is 0 Å². The molecule has 0 radical (unpaired) electrons. The van der Waals surface area contributed by atoms with Gasteiger partial charge in [0.1, 0.15) is 0 Å². The predicted octanol–water partition coefficient (Wildman–Crippen LogP) is 3.11. The van der Waals surface area contributed by atoms with E-state index in [0.717, 1.165) is 7.11 Å². The Kier molecular flexibility index (Phi) is 5.90. The zero-order chi connectivity index (χ0) is 10.3. The van der Waals surface area contributed by atoms with E-state index in [1.54, 1.807) is 0 Å². The van der Waals surface area contributed by atoms with E-state index in [0.29, 0.717) is 0 Å². The average molecular weight is 178 g/mol. The third-order valence-corrected chi connectivity index (χ3v) is 1.96. The van der Waals surface area contributed by atoms with E-state index in [4.69, 9.17) is 5.11 Å². The number of benzene rings is 1. The molecule has 72 valence electrons. The van der Waals surface area contributed by atoms with Gasteiger partial charge in [-0.25, -0.2) is 0 Å². The molecule has 0 spiro atoms. The molecule has 0 aliphatic carbocycles. The van der Waals surface area contributed by atoms with Crippen LogP contribution in [0.2, 0.25) is 0 Å². The summed E-state index contributed by atoms with van der Waals surface area (Å²) in [4.78, 5) is 0. The van der Waals surface area contributed by atoms with Gasteiger partial charge >= 0.3 is 0 Å². The van der Waals surface area contributed by atoms with Crippen molar-refractivity contribution in [3.8, 4) is 0 Å². The Morgan fingerprint density at radius 2 is 1.38 bits per heavy atom. The first-order valence-electron chi connectivity index (χ1n) is 4.36. The molecular weight excluding hydrogens is 160 g/mol. The molecule has 1 nitrogen and oxygen atoms in total. The minimum Gasteiger partial charge on any atom is -0.400 e. The summed E-state index contributed by atoms with van der Waals surface area (Å²) < 4.78 is 0. The minimum absolute atomic E-state index is 1.00. The first-order valence-corrected chi connectivity index (χ1v) is 4.36. The summed E-state index contributed by atoms with van der Waals surface area (Å²) >= 11 is 0. The highest BCUT2D eigenvalue weighted by Crippen LogP contribution is 2.16. The number of hydrogen-bond acceptors (Lipinski definition) is 1. The fourth-order valence-corrected chi connectivity index (χ4v) is 0.977. The molecule has 0 aliphatic rings. The lowest BCUT2D eigenvalue weighted by Crippen LogP contribution is -1.79. The lowest BCUT2D eigenvalue weighted by atomic mass is 10.0. The van der Waals surface area contributed by atoms with Crippen molar-refractivity contribution >= 4 is 5.57 Å². The summed E-state index contributed by atoms with van der Waals surface area (Å²) in [5.74, 6) is 0. The van der Waals surface area contributed by atoms with E-state index in [2.05, 4.69) is 45.0 Å². The van der Waals surface area contributed by atoms with Crippen molar-refractivity contribution in [2.75, 3.05) is 7.11 Å². The Hall–Kier alpha value is -1.08. The molecule has 0 aliphatic heterocycles. The highest BCUT2D eigenvalue weighted by Gasteiger charge is 1.93. The van der Waals surface area contributed by atoms with E-state index in [1.807, 2.05) is 6.07 Å². The lowest BCUT2D eigenvalue weighted by molar-refractivity contribution is 0.399. The van der Waals surface area contributed by atoms with E-state index >= 15 is 0 Å². The zero-order valence-corrected chi connectivity index (χ0v) is 8.83. The van der Waals surface area contributed by atoms with Crippen molar-refractivity contribution < 1.29 is 5.11 Å². The topological polar surface area (TPSA) is 20.2 Å². The van der Waals surface area contributed by atoms with E-state index in [1.165, 1.54) is 16.7 Å². The number of allylic oxidation sites excluding steroid dienone is 2. The van der Waals surface area contributed by atoms with Crippen LogP contribution in [0.4, 0.5) is 0 Å². The molecule has 0 saturated carbocycles. The second kappa shape index (κ2) is 6.44. The van der Waals surface area contributed by atoms with Crippen LogP contribution < -0.4 is 0 Å². The smallest absolute Gasteiger partial charge is 0.0319 e. The molecule has 0 unspecified atom stereocenters. The molecule has 0 amide bonds. The molecule has 1 N–H and O–H groups in total. The van der Waals surface area contributed by atoms with Gasteiger partial charge in [-0.15, -0.1) is 0 Å². The number of hydrogen-bond donors (Lipinski definition) is 1. The van der Waals surface area contributed by atoms with E-state index in [9.17, 15) is 0 Å². The van der Waals surface area contributed by atoms with Crippen molar-refractivity contribution in [3.63, 3.8) is 0 Å². The summed E-state index contributed by atoms with van der Waals surface area (Å²) in [7, 11) is 1.00. The standard InChI is InChI=1S/C11H14.CH4O/c1-9(2)10(3)11-7-5-4-6-8-11;1-2/h4-8H,1-3H3;2H,1H3. The largest absolute Gasteiger partial charge is 0.400 e. The molecular formula is C12H18O. The number of rotatable bonds is 1. The Morgan fingerprint density at radius 1 is 0.923 bits per heavy atom. The van der Waals surface area contributed by atoms with Gasteiger partial charge in [0, 0.05) is 7.11 Å². The fourth-order valence-electron chi connectivity index (χ4n) is 0.977. The summed E-state index contributed by atoms with van der Waals surface area (Å²) in [6, 6.07) is 10.5. The molecule has 1 aromatic rings. The van der Waals surface area contributed by atoms with Gasteiger partial charge in [-0.3, -0.25) is 0 Å². The highest BCUT2D eigenvalue weighted by molar-refractivity contribution is 5.65. The maximum absolute atomic E-state index is 7.00. The maximum atomic E-state index is 7.00. The van der Waals surface area contributed by atoms with Gasteiger partial charge in [-0.1, -0.05) is 35.9 Å². The summed E-state index contributed by atoms with van der Waals surface area (Å²) in [6.45, 7) is 6.44. The van der Waals surface area contributed by atoms with Crippen LogP contribution in [0.15, 0.2) is 35.9 Å². The third kappa shape index (κ3) is 3.90. The van der Waals surface area contributed by atoms with Crippen LogP contribution in [-0.4, -0.2) is 12.2 Å². The SMILES string of the molecule is CC(C)=C(C)c1ccccc1.CO. The molecule has 0 bridgehead atoms. The number of aliphatic hydroxyl groups excluding tert-OH is 1. The highest BCUT2D eigenvalue weighted by atomic mass is 16.2. The van der Waals surface area contributed by atoms with Crippen molar-refractivity contribution in [2.24, 2.45) is 0 Å². The van der Waals surface area contributed by atoms with Crippen LogP contribution in [0, 0.1) is 0 Å². The van der Waals surface area contributed by atoms with Crippen LogP contribution >= 0.6 is 0 Å². The Labute approximate surface area is 80.7 Å². The molecule has 13 heavy (non-hydrogen) atoms. The van der Waals surface area contributed by atoms with Crippen LogP contribution in [0.3, 0.4) is 0 Å². The van der Waals surface area contributed by atoms with Crippen LogP contribution in [0.25, 0.3) is 5.57 Å². The minimum atomic E-state index is 1.00. The van der Waals surface area contributed by atoms with Gasteiger partial charge in [-0.2, -0.15) is 0 Å². The molecule has 1 rings (SSSR count). The van der Waals surface area contributed by atoms with Gasteiger partial charge in [0.25, 0.3) is 0 Å². The van der Waals surface area contributed by atoms with Gasteiger partial charge in [0.2, 0.25) is 0 Å². The Morgan fingerprint density at radius 3 is 1.77 bits per heavy atom. The lowest BCUT2D eigenvalue weighted by Gasteiger charge is -2.02. The van der Waals surface area contributed by atoms with Gasteiger partial charge in [0.05, 0.1) is 0 Å². The molecule has 1 heteroatoms. The maximum Gasteiger partial charge on any atom is 0.0319 e. The molecule has 0 aromatic heterocycles. The van der Waals surface area contributed by atoms with Crippen molar-refractivity contribution in [1.29, 1.82) is 0 Å². The predicted molar refractivity (Wildman–Crippen MR) is 58.5 cm³/mol. The number of aliphatic hydroxyl groups is 1. The summed E-state index contributed by atoms with van der Waals surface area (Å²) in [6.07, 6.45) is 0. The first-order chi connectivity index (χ1) is 6.22. The first kappa shape index (κ1) is 11.9.